The Morgan fingerprint density at radius 1 is 0.914 bits per heavy atom. The quantitative estimate of drug-likeness (QED) is 0.400. The monoisotopic (exact) mass is 469 g/mol. The first-order valence-electron chi connectivity index (χ1n) is 10.5. The number of nitrogen functional groups attached to an aromatic ring is 1. The smallest absolute Gasteiger partial charge is 0.412 e. The number of amides is 1. The summed E-state index contributed by atoms with van der Waals surface area (Å²) in [4.78, 5) is 37.9. The molecule has 1 amide bonds. The summed E-state index contributed by atoms with van der Waals surface area (Å²) in [5.74, 6) is 1.37. The molecule has 2 aromatic carbocycles. The standard InChI is InChI=1S/C24H19N7O4/c1-26-23(32)35-18-9-5-6-15(12-18)31-22-20(21(25)28-14-29-22)30(24(31)33)16-10-11-19(27-13-16)34-17-7-3-2-4-8-17/h2-14H,1H3,(H,26,32)(H2,25,28,29). The molecule has 0 aliphatic rings. The van der Waals surface area contributed by atoms with Gasteiger partial charge in [-0.25, -0.2) is 29.1 Å². The van der Waals surface area contributed by atoms with Gasteiger partial charge < -0.3 is 20.5 Å². The number of benzene rings is 2. The van der Waals surface area contributed by atoms with Crippen molar-refractivity contribution in [3.63, 3.8) is 0 Å². The van der Waals surface area contributed by atoms with Crippen LogP contribution < -0.4 is 26.2 Å². The van der Waals surface area contributed by atoms with Crippen molar-refractivity contribution in [2.24, 2.45) is 0 Å². The number of carbonyl (C=O) groups is 1. The number of hydrogen-bond acceptors (Lipinski definition) is 8. The van der Waals surface area contributed by atoms with Crippen LogP contribution in [0.25, 0.3) is 22.5 Å². The molecule has 174 valence electrons. The summed E-state index contributed by atoms with van der Waals surface area (Å²) < 4.78 is 13.7. The Labute approximate surface area is 198 Å². The summed E-state index contributed by atoms with van der Waals surface area (Å²) in [6, 6.07) is 19.1. The van der Waals surface area contributed by atoms with Crippen LogP contribution in [0.4, 0.5) is 10.6 Å². The van der Waals surface area contributed by atoms with Crippen molar-refractivity contribution in [3.05, 3.63) is 89.7 Å². The zero-order valence-corrected chi connectivity index (χ0v) is 18.5. The molecule has 3 N–H and O–H groups in total. The highest BCUT2D eigenvalue weighted by atomic mass is 16.6. The maximum absolute atomic E-state index is 13.6. The topological polar surface area (TPSA) is 139 Å². The van der Waals surface area contributed by atoms with Gasteiger partial charge in [0.25, 0.3) is 0 Å². The molecule has 0 aliphatic carbocycles. The van der Waals surface area contributed by atoms with Crippen LogP contribution in [-0.4, -0.2) is 37.2 Å². The van der Waals surface area contributed by atoms with Gasteiger partial charge in [-0.2, -0.15) is 0 Å². The lowest BCUT2D eigenvalue weighted by molar-refractivity contribution is 0.203. The number of ether oxygens (including phenoxy) is 2. The number of imidazole rings is 1. The van der Waals surface area contributed by atoms with E-state index in [1.807, 2.05) is 30.3 Å². The van der Waals surface area contributed by atoms with E-state index in [0.29, 0.717) is 28.5 Å². The number of fused-ring (bicyclic) bond motifs is 1. The number of rotatable bonds is 5. The van der Waals surface area contributed by atoms with E-state index in [-0.39, 0.29) is 17.2 Å². The second kappa shape index (κ2) is 8.98. The minimum atomic E-state index is -0.632. The van der Waals surface area contributed by atoms with Crippen LogP contribution in [-0.2, 0) is 0 Å². The second-order valence-electron chi connectivity index (χ2n) is 7.29. The van der Waals surface area contributed by atoms with Crippen molar-refractivity contribution in [2.75, 3.05) is 12.8 Å². The molecule has 3 heterocycles. The molecule has 5 rings (SSSR count). The molecule has 35 heavy (non-hydrogen) atoms. The molecule has 11 nitrogen and oxygen atoms in total. The van der Waals surface area contributed by atoms with Gasteiger partial charge in [0, 0.05) is 19.2 Å². The van der Waals surface area contributed by atoms with Crippen LogP contribution in [0.3, 0.4) is 0 Å². The number of aromatic nitrogens is 5. The van der Waals surface area contributed by atoms with Gasteiger partial charge >= 0.3 is 11.8 Å². The summed E-state index contributed by atoms with van der Waals surface area (Å²) in [5, 5.41) is 2.38. The van der Waals surface area contributed by atoms with Gasteiger partial charge in [-0.15, -0.1) is 0 Å². The van der Waals surface area contributed by atoms with E-state index in [0.717, 1.165) is 0 Å². The molecule has 0 saturated heterocycles. The average molecular weight is 469 g/mol. The Hall–Kier alpha value is -5.19. The highest BCUT2D eigenvalue weighted by Gasteiger charge is 2.21. The van der Waals surface area contributed by atoms with Gasteiger partial charge in [0.05, 0.1) is 17.6 Å². The Kier molecular flexibility index (Phi) is 5.55. The number of hydrogen-bond donors (Lipinski definition) is 2. The molecule has 0 atom stereocenters. The van der Waals surface area contributed by atoms with Gasteiger partial charge in [-0.1, -0.05) is 24.3 Å². The van der Waals surface area contributed by atoms with E-state index >= 15 is 0 Å². The number of anilines is 1. The van der Waals surface area contributed by atoms with Crippen LogP contribution in [0.1, 0.15) is 0 Å². The first-order valence-corrected chi connectivity index (χ1v) is 10.5. The Balaban J connectivity index is 1.61. The molecule has 5 aromatic rings. The number of carbonyl (C=O) groups excluding carboxylic acids is 1. The fraction of sp³-hybridized carbons (Fsp3) is 0.0417. The molecule has 0 saturated carbocycles. The normalized spacial score (nSPS) is 10.8. The lowest BCUT2D eigenvalue weighted by Crippen LogP contribution is -2.23. The lowest BCUT2D eigenvalue weighted by atomic mass is 10.3. The summed E-state index contributed by atoms with van der Waals surface area (Å²) in [7, 11) is 1.45. The SMILES string of the molecule is CNC(=O)Oc1cccc(-n2c(=O)n(-c3ccc(Oc4ccccc4)nc3)c3c(N)ncnc32)c1. The zero-order valence-electron chi connectivity index (χ0n) is 18.5. The number of nitrogens with zero attached hydrogens (tertiary/aromatic N) is 5. The zero-order chi connectivity index (χ0) is 24.4. The van der Waals surface area contributed by atoms with Crippen LogP contribution in [0.15, 0.2) is 84.0 Å². The first kappa shape index (κ1) is 21.6. The first-order chi connectivity index (χ1) is 17.0. The third-order valence-electron chi connectivity index (χ3n) is 5.08. The Morgan fingerprint density at radius 3 is 2.46 bits per heavy atom. The van der Waals surface area contributed by atoms with E-state index in [9.17, 15) is 9.59 Å². The van der Waals surface area contributed by atoms with E-state index in [1.54, 1.807) is 36.4 Å². The lowest BCUT2D eigenvalue weighted by Gasteiger charge is -2.07. The van der Waals surface area contributed by atoms with Gasteiger partial charge in [-0.05, 0) is 30.3 Å². The van der Waals surface area contributed by atoms with E-state index in [4.69, 9.17) is 15.2 Å². The maximum Gasteiger partial charge on any atom is 0.412 e. The molecule has 0 radical (unpaired) electrons. The number of nitrogens with two attached hydrogens (primary N) is 1. The van der Waals surface area contributed by atoms with Crippen LogP contribution in [0, 0.1) is 0 Å². The molecule has 0 spiro atoms. The third kappa shape index (κ3) is 4.13. The fourth-order valence-electron chi connectivity index (χ4n) is 3.54. The number of pyridine rings is 1. The van der Waals surface area contributed by atoms with Crippen molar-refractivity contribution in [1.29, 1.82) is 0 Å². The Morgan fingerprint density at radius 2 is 1.71 bits per heavy atom. The highest BCUT2D eigenvalue weighted by molar-refractivity contribution is 5.85. The molecular weight excluding hydrogens is 450 g/mol. The van der Waals surface area contributed by atoms with E-state index in [2.05, 4.69) is 20.3 Å². The highest BCUT2D eigenvalue weighted by Crippen LogP contribution is 2.25. The summed E-state index contributed by atoms with van der Waals surface area (Å²) in [5.41, 5.74) is 7.16. The van der Waals surface area contributed by atoms with Crippen LogP contribution in [0.5, 0.6) is 17.4 Å². The van der Waals surface area contributed by atoms with Crippen molar-refractivity contribution in [1.82, 2.24) is 29.4 Å². The maximum atomic E-state index is 13.6. The van der Waals surface area contributed by atoms with Crippen molar-refractivity contribution >= 4 is 23.1 Å². The molecule has 0 aliphatic heterocycles. The Bertz CT molecular complexity index is 1580. The van der Waals surface area contributed by atoms with Crippen molar-refractivity contribution in [3.8, 4) is 28.8 Å². The molecule has 0 fully saturated rings. The molecular formula is C24H19N7O4. The summed E-state index contributed by atoms with van der Waals surface area (Å²) >= 11 is 0. The fourth-order valence-corrected chi connectivity index (χ4v) is 3.54. The molecule has 11 heteroatoms. The number of nitrogens with one attached hydrogen (secondary N) is 1. The van der Waals surface area contributed by atoms with Gasteiger partial charge in [0.15, 0.2) is 11.5 Å². The third-order valence-corrected chi connectivity index (χ3v) is 5.08. The molecule has 0 unspecified atom stereocenters. The summed E-state index contributed by atoms with van der Waals surface area (Å²) in [6.45, 7) is 0. The predicted octanol–water partition coefficient (Wildman–Crippen LogP) is 3.06. The van der Waals surface area contributed by atoms with Crippen molar-refractivity contribution < 1.29 is 14.3 Å². The molecule has 0 bridgehead atoms. The average Bonchev–Trinajstić information content (AvgIpc) is 3.18. The minimum Gasteiger partial charge on any atom is -0.439 e. The van der Waals surface area contributed by atoms with Crippen molar-refractivity contribution in [2.45, 2.75) is 0 Å². The van der Waals surface area contributed by atoms with Gasteiger partial charge in [-0.3, -0.25) is 4.57 Å². The van der Waals surface area contributed by atoms with Gasteiger partial charge in [0.2, 0.25) is 5.88 Å². The number of para-hydroxylation sites is 1. The van der Waals surface area contributed by atoms with Gasteiger partial charge in [0.1, 0.15) is 23.3 Å². The van der Waals surface area contributed by atoms with Crippen LogP contribution in [0.2, 0.25) is 0 Å². The minimum absolute atomic E-state index is 0.119. The second-order valence-corrected chi connectivity index (χ2v) is 7.29. The molecule has 3 aromatic heterocycles. The van der Waals surface area contributed by atoms with E-state index < -0.39 is 11.8 Å². The van der Waals surface area contributed by atoms with Crippen LogP contribution >= 0.6 is 0 Å². The van der Waals surface area contributed by atoms with E-state index in [1.165, 1.54) is 28.7 Å². The summed E-state index contributed by atoms with van der Waals surface area (Å²) in [6.07, 6.45) is 2.14. The predicted molar refractivity (Wildman–Crippen MR) is 128 cm³/mol. The largest absolute Gasteiger partial charge is 0.439 e.